The van der Waals surface area contributed by atoms with Crippen molar-refractivity contribution in [3.8, 4) is 0 Å². The molecule has 0 saturated carbocycles. The van der Waals surface area contributed by atoms with E-state index in [-0.39, 0.29) is 11.0 Å². The van der Waals surface area contributed by atoms with Gasteiger partial charge in [-0.1, -0.05) is 0 Å². The van der Waals surface area contributed by atoms with Crippen LogP contribution in [-0.2, 0) is 0 Å². The highest BCUT2D eigenvalue weighted by molar-refractivity contribution is 6.15. The fourth-order valence-electron chi connectivity index (χ4n) is 0. The van der Waals surface area contributed by atoms with Crippen LogP contribution >= 0.6 is 0 Å². The van der Waals surface area contributed by atoms with Gasteiger partial charge in [-0.15, -0.1) is 0 Å². The first-order valence-electron chi connectivity index (χ1n) is 0.436. The molecule has 0 rings (SSSR count). The van der Waals surface area contributed by atoms with Gasteiger partial charge in [0.05, 0.1) is 0 Å². The van der Waals surface area contributed by atoms with Crippen molar-refractivity contribution in [3.05, 3.63) is 0 Å². The van der Waals surface area contributed by atoms with Crippen molar-refractivity contribution in [3.63, 3.8) is 0 Å². The largest absolute Gasteiger partial charge is 0.759 e. The van der Waals surface area contributed by atoms with Crippen LogP contribution in [0.4, 0.5) is 7.05 Å². The van der Waals surface area contributed by atoms with Crippen LogP contribution in [0.3, 0.4) is 0 Å². The molecule has 0 aromatic heterocycles. The van der Waals surface area contributed by atoms with Crippen LogP contribution in [-0.4, -0.2) is 27.1 Å². The average Bonchev–Trinajstić information content (AvgIpc) is 0.918. The summed E-state index contributed by atoms with van der Waals surface area (Å²) in [5.74, 6) is 0. The third-order valence-corrected chi connectivity index (χ3v) is 0. The van der Waals surface area contributed by atoms with Gasteiger partial charge in [-0.2, -0.15) is 0 Å². The number of halogens is 2. The van der Waals surface area contributed by atoms with E-state index in [0.717, 1.165) is 0 Å². The fraction of sp³-hybridized carbons (Fsp3) is 0. The second kappa shape index (κ2) is 27.5. The molecule has 0 fully saturated rings. The number of hydrogen-bond acceptors (Lipinski definition) is 0. The molecule has 1 radical (unpaired) electrons. The molecule has 0 aromatic rings. The Bertz CT molecular complexity index is 7.61. The van der Waals surface area contributed by atoms with Gasteiger partial charge >= 0.3 is 16.1 Å². The van der Waals surface area contributed by atoms with Crippen LogP contribution in [0.2, 0.25) is 0 Å². The monoisotopic (exact) mass is 101 g/mol. The lowest BCUT2D eigenvalue weighted by Crippen LogP contribution is -1.45. The summed E-state index contributed by atoms with van der Waals surface area (Å²) in [6.45, 7) is 0. The number of rotatable bonds is 0. The lowest BCUT2D eigenvalue weighted by molar-refractivity contribution is 0.712. The summed E-state index contributed by atoms with van der Waals surface area (Å²) in [7, 11) is 0. The van der Waals surface area contributed by atoms with E-state index >= 15 is 0 Å². The van der Waals surface area contributed by atoms with Crippen molar-refractivity contribution in [2.24, 2.45) is 0 Å². The molecule has 5 heteroatoms. The molecule has 0 bridgehead atoms. The van der Waals surface area contributed by atoms with Gasteiger partial charge in [0.25, 0.3) is 0 Å². The molecule has 0 heterocycles. The Morgan fingerprint density at radius 1 is 1.00 bits per heavy atom. The molecule has 0 atom stereocenters. The maximum Gasteiger partial charge on any atom is 0.759 e. The second-order valence-corrected chi connectivity index (χ2v) is 0.247. The Morgan fingerprint density at radius 2 is 1.00 bits per heavy atom. The molecule has 0 aromatic carbocycles. The molecule has 4 N–H and O–H groups in total. The van der Waals surface area contributed by atoms with E-state index in [1.165, 1.54) is 0 Å². The normalized spacial score (nSPS) is 2.80. The zero-order valence-electron chi connectivity index (χ0n) is 2.33. The Balaban J connectivity index is -0.0000000200. The van der Waals surface area contributed by atoms with E-state index in [2.05, 4.69) is 0 Å². The molecule has 0 amide bonds. The standard InChI is InChI=1S/Al.2FH.2H2O/h;2*1H;2*1H2/q+2;;;;/p-2. The van der Waals surface area contributed by atoms with Crippen molar-refractivity contribution >= 4 is 16.1 Å². The minimum Gasteiger partial charge on any atom is -0.412 e. The van der Waals surface area contributed by atoms with E-state index in [0.29, 0.717) is 0 Å². The molecule has 0 aliphatic heterocycles. The highest BCUT2D eigenvalue weighted by atomic mass is 27.2. The first kappa shape index (κ1) is 18.5. The lowest BCUT2D eigenvalue weighted by atomic mass is 16.0. The van der Waals surface area contributed by atoms with Gasteiger partial charge in [-0.25, -0.2) is 0 Å². The fourth-order valence-corrected chi connectivity index (χ4v) is 0. The molecule has 0 aliphatic rings. The van der Waals surface area contributed by atoms with E-state index in [1.54, 1.807) is 0 Å². The summed E-state index contributed by atoms with van der Waals surface area (Å²) in [6.07, 6.45) is 0. The maximum absolute atomic E-state index is 9.71. The highest BCUT2D eigenvalue weighted by Crippen LogP contribution is 1.49. The highest BCUT2D eigenvalue weighted by Gasteiger charge is 1.71. The third kappa shape index (κ3) is 236. The first-order chi connectivity index (χ1) is 1.41. The minimum absolute atomic E-state index is 0. The predicted molar refractivity (Wildman–Crippen MR) is 15.2 cm³/mol. The van der Waals surface area contributed by atoms with E-state index in [1.807, 2.05) is 0 Å². The topological polar surface area (TPSA) is 63.0 Å². The van der Waals surface area contributed by atoms with E-state index in [4.69, 9.17) is 0 Å². The lowest BCUT2D eigenvalue weighted by Gasteiger charge is -1.33. The SMILES string of the molecule is O.O.[F][Al][F]. The number of hydrogen-bond donors (Lipinski definition) is 0. The quantitative estimate of drug-likeness (QED) is 0.344. The minimum atomic E-state index is -2.25. The van der Waals surface area contributed by atoms with Crippen LogP contribution in [0.5, 0.6) is 0 Å². The summed E-state index contributed by atoms with van der Waals surface area (Å²) in [5, 5.41) is 0. The molecule has 2 nitrogen and oxygen atoms in total. The summed E-state index contributed by atoms with van der Waals surface area (Å²) < 4.78 is 19.4. The Hall–Kier alpha value is 0.312. The van der Waals surface area contributed by atoms with Crippen LogP contribution in [0.25, 0.3) is 0 Å². The van der Waals surface area contributed by atoms with Gasteiger partial charge in [0.1, 0.15) is 0 Å². The van der Waals surface area contributed by atoms with Crippen LogP contribution in [0.15, 0.2) is 0 Å². The summed E-state index contributed by atoms with van der Waals surface area (Å²) in [5.41, 5.74) is 0. The zero-order chi connectivity index (χ0) is 2.71. The summed E-state index contributed by atoms with van der Waals surface area (Å²) in [4.78, 5) is 0. The van der Waals surface area contributed by atoms with Gasteiger partial charge in [-0.05, 0) is 0 Å². The average molecular weight is 101 g/mol. The van der Waals surface area contributed by atoms with Gasteiger partial charge in [0, 0.05) is 0 Å². The molecule has 0 spiro atoms. The van der Waals surface area contributed by atoms with Crippen molar-refractivity contribution in [2.75, 3.05) is 0 Å². The molecular formula is H4AlF2O2. The molecular weight excluding hydrogens is 97.0 g/mol. The van der Waals surface area contributed by atoms with Crippen molar-refractivity contribution in [2.45, 2.75) is 0 Å². The van der Waals surface area contributed by atoms with Crippen molar-refractivity contribution < 1.29 is 18.0 Å². The predicted octanol–water partition coefficient (Wildman–Crippen LogP) is -1.19. The smallest absolute Gasteiger partial charge is 0.412 e. The first-order valence-corrected chi connectivity index (χ1v) is 1.31. The van der Waals surface area contributed by atoms with Crippen LogP contribution in [0, 0.1) is 0 Å². The van der Waals surface area contributed by atoms with Gasteiger partial charge in [-0.3, -0.25) is 0 Å². The van der Waals surface area contributed by atoms with Crippen molar-refractivity contribution in [1.29, 1.82) is 0 Å². The molecule has 0 saturated heterocycles. The Morgan fingerprint density at radius 3 is 1.00 bits per heavy atom. The zero-order valence-corrected chi connectivity index (χ0v) is 3.49. The van der Waals surface area contributed by atoms with Crippen LogP contribution in [0.1, 0.15) is 0 Å². The van der Waals surface area contributed by atoms with Gasteiger partial charge in [0.2, 0.25) is 0 Å². The van der Waals surface area contributed by atoms with Crippen molar-refractivity contribution in [1.82, 2.24) is 0 Å². The summed E-state index contributed by atoms with van der Waals surface area (Å²) >= 11 is -2.25. The second-order valence-electron chi connectivity index (χ2n) is 0.0825. The van der Waals surface area contributed by atoms with Gasteiger partial charge in [0.15, 0.2) is 0 Å². The van der Waals surface area contributed by atoms with E-state index < -0.39 is 16.1 Å². The van der Waals surface area contributed by atoms with E-state index in [9.17, 15) is 7.05 Å². The summed E-state index contributed by atoms with van der Waals surface area (Å²) in [6, 6.07) is 0. The van der Waals surface area contributed by atoms with Gasteiger partial charge < -0.3 is 18.0 Å². The van der Waals surface area contributed by atoms with Crippen LogP contribution < -0.4 is 0 Å². The molecule has 0 unspecified atom stereocenters. The Labute approximate surface area is 35.1 Å². The molecule has 5 heavy (non-hydrogen) atoms. The molecule has 0 aliphatic carbocycles. The molecule has 33 valence electrons. The maximum atomic E-state index is 9.71. The third-order valence-electron chi connectivity index (χ3n) is 0. The Kier molecular flexibility index (Phi) is 102.